The number of hydrogen-bond donors (Lipinski definition) is 0. The average Bonchev–Trinajstić information content (AvgIpc) is 2.85. The molecule has 0 atom stereocenters. The zero-order valence-corrected chi connectivity index (χ0v) is 22.1. The lowest BCUT2D eigenvalue weighted by molar-refractivity contribution is -0.139. The van der Waals surface area contributed by atoms with Gasteiger partial charge in [0.15, 0.2) is 0 Å². The van der Waals surface area contributed by atoms with Crippen molar-refractivity contribution in [1.29, 1.82) is 5.26 Å². The normalized spacial score (nSPS) is 15.8. The number of amides is 1. The van der Waals surface area contributed by atoms with Gasteiger partial charge in [-0.05, 0) is 87.1 Å². The van der Waals surface area contributed by atoms with E-state index in [1.165, 1.54) is 22.3 Å². The highest BCUT2D eigenvalue weighted by atomic mass is 16.5. The van der Waals surface area contributed by atoms with E-state index >= 15 is 0 Å². The minimum Gasteiger partial charge on any atom is -0.490 e. The maximum absolute atomic E-state index is 12.3. The maximum Gasteiger partial charge on any atom is 0.228 e. The molecule has 6 nitrogen and oxygen atoms in total. The Bertz CT molecular complexity index is 1190. The van der Waals surface area contributed by atoms with Gasteiger partial charge in [0.05, 0.1) is 17.6 Å². The van der Waals surface area contributed by atoms with Gasteiger partial charge in [-0.2, -0.15) is 5.26 Å². The Hall–Kier alpha value is -3.30. The lowest BCUT2D eigenvalue weighted by Gasteiger charge is -2.41. The molecule has 1 aliphatic heterocycles. The number of nitrogens with zero attached hydrogens (tertiary/aromatic N) is 3. The Morgan fingerprint density at radius 3 is 2.67 bits per heavy atom. The van der Waals surface area contributed by atoms with Crippen LogP contribution in [0.25, 0.3) is 5.57 Å². The number of aryl methyl sites for hydroxylation is 1. The monoisotopic (exact) mass is 487 g/mol. The fourth-order valence-electron chi connectivity index (χ4n) is 4.96. The molecule has 1 fully saturated rings. The summed E-state index contributed by atoms with van der Waals surface area (Å²) in [5.74, 6) is 1.87. The summed E-state index contributed by atoms with van der Waals surface area (Å²) in [5.41, 5.74) is 6.90. The predicted molar refractivity (Wildman–Crippen MR) is 142 cm³/mol. The zero-order chi connectivity index (χ0) is 25.8. The van der Waals surface area contributed by atoms with Gasteiger partial charge in [-0.25, -0.2) is 0 Å². The Kier molecular flexibility index (Phi) is 8.01. The van der Waals surface area contributed by atoms with Crippen molar-refractivity contribution in [2.24, 2.45) is 5.92 Å². The van der Waals surface area contributed by atoms with Gasteiger partial charge in [0, 0.05) is 33.2 Å². The Balaban J connectivity index is 1.36. The van der Waals surface area contributed by atoms with Crippen molar-refractivity contribution in [3.8, 4) is 17.6 Å². The van der Waals surface area contributed by atoms with Gasteiger partial charge in [-0.15, -0.1) is 0 Å². The van der Waals surface area contributed by atoms with Crippen LogP contribution in [0.4, 0.5) is 0 Å². The second-order valence-electron chi connectivity index (χ2n) is 10.2. The molecular weight excluding hydrogens is 450 g/mol. The van der Waals surface area contributed by atoms with E-state index in [4.69, 9.17) is 9.47 Å². The summed E-state index contributed by atoms with van der Waals surface area (Å²) < 4.78 is 11.8. The number of carbonyl (C=O) groups is 1. The van der Waals surface area contributed by atoms with Gasteiger partial charge in [-0.1, -0.05) is 17.7 Å². The van der Waals surface area contributed by atoms with E-state index in [1.807, 2.05) is 57.0 Å². The molecule has 0 radical (unpaired) electrons. The van der Waals surface area contributed by atoms with Crippen LogP contribution in [-0.4, -0.2) is 55.0 Å². The molecule has 1 amide bonds. The third kappa shape index (κ3) is 5.74. The molecule has 190 valence electrons. The third-order valence-electron chi connectivity index (χ3n) is 7.21. The molecule has 6 heteroatoms. The summed E-state index contributed by atoms with van der Waals surface area (Å²) in [7, 11) is 1.88. The molecule has 2 aromatic carbocycles. The van der Waals surface area contributed by atoms with E-state index < -0.39 is 0 Å². The van der Waals surface area contributed by atoms with E-state index in [-0.39, 0.29) is 17.9 Å². The molecular formula is C30H37N3O3. The van der Waals surface area contributed by atoms with Gasteiger partial charge in [0.1, 0.15) is 24.2 Å². The smallest absolute Gasteiger partial charge is 0.228 e. The maximum atomic E-state index is 12.3. The SMILES string of the molecule is CCN(C)C(=O)C1CN(CC2=C(C)c3ccc(OCc4ccc(OC(C)C)c(C#N)c4)cc3CC2)C1. The topological polar surface area (TPSA) is 65.8 Å². The highest BCUT2D eigenvalue weighted by molar-refractivity contribution is 5.80. The highest BCUT2D eigenvalue weighted by Crippen LogP contribution is 2.35. The Morgan fingerprint density at radius 1 is 1.19 bits per heavy atom. The van der Waals surface area contributed by atoms with Crippen molar-refractivity contribution in [2.75, 3.05) is 33.2 Å². The first-order valence-corrected chi connectivity index (χ1v) is 12.9. The van der Waals surface area contributed by atoms with Crippen LogP contribution in [0.1, 0.15) is 56.4 Å². The summed E-state index contributed by atoms with van der Waals surface area (Å²) in [4.78, 5) is 16.5. The van der Waals surface area contributed by atoms with Crippen LogP contribution in [0.15, 0.2) is 42.0 Å². The number of ether oxygens (including phenoxy) is 2. The molecule has 4 rings (SSSR count). The van der Waals surface area contributed by atoms with Crippen LogP contribution in [0.5, 0.6) is 11.5 Å². The number of nitriles is 1. The quantitative estimate of drug-likeness (QED) is 0.495. The second kappa shape index (κ2) is 11.2. The van der Waals surface area contributed by atoms with Crippen LogP contribution in [0.3, 0.4) is 0 Å². The van der Waals surface area contributed by atoms with Crippen molar-refractivity contribution in [3.05, 3.63) is 64.2 Å². The fourth-order valence-corrected chi connectivity index (χ4v) is 4.96. The summed E-state index contributed by atoms with van der Waals surface area (Å²) in [6, 6.07) is 14.2. The second-order valence-corrected chi connectivity index (χ2v) is 10.2. The summed E-state index contributed by atoms with van der Waals surface area (Å²) in [6.07, 6.45) is 2.05. The first-order chi connectivity index (χ1) is 17.3. The van der Waals surface area contributed by atoms with Crippen molar-refractivity contribution in [1.82, 2.24) is 9.80 Å². The lowest BCUT2D eigenvalue weighted by atomic mass is 9.85. The van der Waals surface area contributed by atoms with E-state index in [0.29, 0.717) is 17.9 Å². The van der Waals surface area contributed by atoms with Crippen LogP contribution in [0.2, 0.25) is 0 Å². The molecule has 0 bridgehead atoms. The van der Waals surface area contributed by atoms with Gasteiger partial charge < -0.3 is 14.4 Å². The molecule has 0 unspecified atom stereocenters. The first-order valence-electron chi connectivity index (χ1n) is 12.9. The standard InChI is InChI=1S/C30H37N3O3/c1-6-32(5)30(34)26-17-33(18-26)16-24-9-8-23-14-27(10-11-28(23)21(24)4)35-19-22-7-12-29(36-20(2)3)25(13-22)15-31/h7,10-14,20,26H,6,8-9,16-19H2,1-5H3. The molecule has 2 aliphatic rings. The molecule has 0 saturated carbocycles. The van der Waals surface area contributed by atoms with Crippen molar-refractivity contribution in [2.45, 2.75) is 53.2 Å². The summed E-state index contributed by atoms with van der Waals surface area (Å²) in [5, 5.41) is 9.47. The number of carbonyl (C=O) groups excluding carboxylic acids is 1. The third-order valence-corrected chi connectivity index (χ3v) is 7.21. The van der Waals surface area contributed by atoms with Gasteiger partial charge in [0.25, 0.3) is 0 Å². The molecule has 0 aromatic heterocycles. The summed E-state index contributed by atoms with van der Waals surface area (Å²) >= 11 is 0. The van der Waals surface area contributed by atoms with Crippen LogP contribution >= 0.6 is 0 Å². The number of hydrogen-bond acceptors (Lipinski definition) is 5. The van der Waals surface area contributed by atoms with E-state index in [1.54, 1.807) is 0 Å². The number of rotatable bonds is 9. The van der Waals surface area contributed by atoms with Crippen molar-refractivity contribution < 1.29 is 14.3 Å². The van der Waals surface area contributed by atoms with Gasteiger partial charge >= 0.3 is 0 Å². The molecule has 1 aliphatic carbocycles. The van der Waals surface area contributed by atoms with Crippen LogP contribution in [0, 0.1) is 17.2 Å². The van der Waals surface area contributed by atoms with E-state index in [2.05, 4.69) is 30.0 Å². The Morgan fingerprint density at radius 2 is 1.97 bits per heavy atom. The predicted octanol–water partition coefficient (Wildman–Crippen LogP) is 5.05. The molecule has 2 aromatic rings. The molecule has 0 N–H and O–H groups in total. The first kappa shape index (κ1) is 25.8. The molecule has 1 saturated heterocycles. The van der Waals surface area contributed by atoms with Gasteiger partial charge in [0.2, 0.25) is 5.91 Å². The van der Waals surface area contributed by atoms with Gasteiger partial charge in [-0.3, -0.25) is 9.69 Å². The minimum absolute atomic E-state index is 0.0209. The summed E-state index contributed by atoms with van der Waals surface area (Å²) in [6.45, 7) is 12.0. The lowest BCUT2D eigenvalue weighted by Crippen LogP contribution is -2.54. The van der Waals surface area contributed by atoms with Crippen molar-refractivity contribution >= 4 is 11.5 Å². The Labute approximate surface area is 215 Å². The highest BCUT2D eigenvalue weighted by Gasteiger charge is 2.34. The van der Waals surface area contributed by atoms with E-state index in [0.717, 1.165) is 50.3 Å². The minimum atomic E-state index is 0.0209. The number of allylic oxidation sites excluding steroid dienone is 1. The fraction of sp³-hybridized carbons (Fsp3) is 0.467. The van der Waals surface area contributed by atoms with Crippen LogP contribution in [-0.2, 0) is 17.8 Å². The van der Waals surface area contributed by atoms with E-state index in [9.17, 15) is 10.1 Å². The molecule has 1 heterocycles. The zero-order valence-electron chi connectivity index (χ0n) is 22.1. The van der Waals surface area contributed by atoms with Crippen molar-refractivity contribution in [3.63, 3.8) is 0 Å². The number of fused-ring (bicyclic) bond motifs is 1. The van der Waals surface area contributed by atoms with Crippen LogP contribution < -0.4 is 9.47 Å². The molecule has 0 spiro atoms. The average molecular weight is 488 g/mol. The molecule has 36 heavy (non-hydrogen) atoms. The number of benzene rings is 2. The number of likely N-dealkylation sites (tertiary alicyclic amines) is 1. The largest absolute Gasteiger partial charge is 0.490 e.